The van der Waals surface area contributed by atoms with E-state index in [1.54, 1.807) is 0 Å². The second-order valence-electron chi connectivity index (χ2n) is 4.91. The lowest BCUT2D eigenvalue weighted by atomic mass is 10.2. The van der Waals surface area contributed by atoms with Gasteiger partial charge in [-0.2, -0.15) is 26.3 Å². The van der Waals surface area contributed by atoms with Crippen molar-refractivity contribution in [1.82, 2.24) is 0 Å². The van der Waals surface area contributed by atoms with Crippen LogP contribution in [0.15, 0.2) is 23.8 Å². The third kappa shape index (κ3) is 16.7. The van der Waals surface area contributed by atoms with E-state index in [1.807, 2.05) is 0 Å². The summed E-state index contributed by atoms with van der Waals surface area (Å²) < 4.78 is 97.7. The molecular weight excluding hydrogens is 384 g/mol. The molecular formula is C14H16F8O4. The minimum Gasteiger partial charge on any atom is -0.478 e. The van der Waals surface area contributed by atoms with Gasteiger partial charge >= 0.3 is 24.3 Å². The lowest BCUT2D eigenvalue weighted by Gasteiger charge is -2.11. The summed E-state index contributed by atoms with van der Waals surface area (Å²) in [7, 11) is 0. The van der Waals surface area contributed by atoms with Crippen LogP contribution < -0.4 is 0 Å². The van der Waals surface area contributed by atoms with Crippen LogP contribution in [0.2, 0.25) is 0 Å². The third-order valence-electron chi connectivity index (χ3n) is 2.17. The molecule has 1 N–H and O–H groups in total. The summed E-state index contributed by atoms with van der Waals surface area (Å²) in [6.45, 7) is 5.33. The van der Waals surface area contributed by atoms with Gasteiger partial charge in [-0.15, -0.1) is 0 Å². The molecule has 0 saturated heterocycles. The summed E-state index contributed by atoms with van der Waals surface area (Å²) in [6, 6.07) is 0. The molecule has 0 heterocycles. The maximum atomic E-state index is 12.4. The second kappa shape index (κ2) is 10.8. The van der Waals surface area contributed by atoms with Crippen LogP contribution in [0.4, 0.5) is 35.1 Å². The number of alkyl halides is 8. The molecule has 2 unspecified atom stereocenters. The fourth-order valence-corrected chi connectivity index (χ4v) is 1.06. The SMILES string of the molecule is C=C(C)C(=O)OC(F)CC(F)(F)F.CC(=CC(F)CC(F)(F)F)C(=O)O. The first-order chi connectivity index (χ1) is 11.4. The molecule has 0 rings (SSSR count). The maximum absolute atomic E-state index is 12.4. The predicted octanol–water partition coefficient (Wildman–Crippen LogP) is 4.66. The highest BCUT2D eigenvalue weighted by atomic mass is 19.4. The van der Waals surface area contributed by atoms with Gasteiger partial charge < -0.3 is 9.84 Å². The van der Waals surface area contributed by atoms with Gasteiger partial charge in [0, 0.05) is 11.1 Å². The Morgan fingerprint density at radius 3 is 1.77 bits per heavy atom. The Morgan fingerprint density at radius 1 is 1.04 bits per heavy atom. The summed E-state index contributed by atoms with van der Waals surface area (Å²) in [5, 5.41) is 8.21. The highest BCUT2D eigenvalue weighted by Gasteiger charge is 2.34. The smallest absolute Gasteiger partial charge is 0.395 e. The molecule has 2 atom stereocenters. The van der Waals surface area contributed by atoms with E-state index in [2.05, 4.69) is 11.3 Å². The standard InChI is InChI=1S/2C7H8F4O2/c1-4(2)6(12)13-5(8)3-7(9,10)11;1-4(6(12)13)2-5(8)3-7(9,10)11/h5H,1,3H2,2H3;2,5H,3H2,1H3,(H,12,13). The van der Waals surface area contributed by atoms with E-state index < -0.39 is 55.2 Å². The summed E-state index contributed by atoms with van der Waals surface area (Å²) >= 11 is 0. The Morgan fingerprint density at radius 2 is 1.46 bits per heavy atom. The Kier molecular flexibility index (Phi) is 10.8. The van der Waals surface area contributed by atoms with E-state index in [4.69, 9.17) is 5.11 Å². The van der Waals surface area contributed by atoms with Crippen LogP contribution in [-0.4, -0.2) is 41.9 Å². The first kappa shape index (κ1) is 26.1. The number of hydrogen-bond donors (Lipinski definition) is 1. The number of halogens is 8. The summed E-state index contributed by atoms with van der Waals surface area (Å²) in [6.07, 6.45) is -17.3. The number of hydrogen-bond acceptors (Lipinski definition) is 3. The maximum Gasteiger partial charge on any atom is 0.395 e. The fourth-order valence-electron chi connectivity index (χ4n) is 1.06. The van der Waals surface area contributed by atoms with E-state index in [1.165, 1.54) is 6.92 Å². The molecule has 0 aromatic rings. The predicted molar refractivity (Wildman–Crippen MR) is 73.4 cm³/mol. The van der Waals surface area contributed by atoms with E-state index in [9.17, 15) is 44.7 Å². The molecule has 26 heavy (non-hydrogen) atoms. The number of aliphatic carboxylic acids is 1. The number of carboxylic acid groups (broad SMARTS) is 1. The van der Waals surface area contributed by atoms with Crippen molar-refractivity contribution in [1.29, 1.82) is 0 Å². The zero-order valence-electron chi connectivity index (χ0n) is 13.5. The van der Waals surface area contributed by atoms with Gasteiger partial charge in [0.2, 0.25) is 0 Å². The molecule has 0 aromatic heterocycles. The van der Waals surface area contributed by atoms with Crippen molar-refractivity contribution in [2.24, 2.45) is 0 Å². The minimum atomic E-state index is -4.69. The molecule has 0 aliphatic heterocycles. The molecule has 152 valence electrons. The second-order valence-corrected chi connectivity index (χ2v) is 4.91. The molecule has 0 spiro atoms. The number of carbonyl (C=O) groups is 2. The molecule has 0 aromatic carbocycles. The van der Waals surface area contributed by atoms with Crippen LogP contribution in [0.1, 0.15) is 26.7 Å². The highest BCUT2D eigenvalue weighted by molar-refractivity contribution is 5.87. The number of carbonyl (C=O) groups excluding carboxylic acids is 1. The number of allylic oxidation sites excluding steroid dienone is 1. The lowest BCUT2D eigenvalue weighted by Crippen LogP contribution is -2.21. The number of carboxylic acids is 1. The van der Waals surface area contributed by atoms with Crippen molar-refractivity contribution in [3.05, 3.63) is 23.8 Å². The minimum absolute atomic E-state index is 0.148. The zero-order valence-corrected chi connectivity index (χ0v) is 13.5. The normalized spacial score (nSPS) is 14.6. The van der Waals surface area contributed by atoms with Crippen molar-refractivity contribution >= 4 is 11.9 Å². The van der Waals surface area contributed by atoms with Gasteiger partial charge in [0.05, 0.1) is 6.42 Å². The van der Waals surface area contributed by atoms with Gasteiger partial charge in [0.1, 0.15) is 12.6 Å². The van der Waals surface area contributed by atoms with E-state index in [0.717, 1.165) is 6.92 Å². The summed E-state index contributed by atoms with van der Waals surface area (Å²) in [5.74, 6) is -2.60. The molecule has 0 radical (unpaired) electrons. The van der Waals surface area contributed by atoms with Crippen molar-refractivity contribution in [3.8, 4) is 0 Å². The molecule has 0 fully saturated rings. The number of esters is 1. The average Bonchev–Trinajstić information content (AvgIpc) is 2.33. The first-order valence-corrected chi connectivity index (χ1v) is 6.64. The topological polar surface area (TPSA) is 63.6 Å². The lowest BCUT2D eigenvalue weighted by molar-refractivity contribution is -0.188. The Bertz CT molecular complexity index is 522. The van der Waals surface area contributed by atoms with Gasteiger partial charge in [0.15, 0.2) is 0 Å². The van der Waals surface area contributed by atoms with Crippen LogP contribution in [0.3, 0.4) is 0 Å². The average molecular weight is 400 g/mol. The summed E-state index contributed by atoms with van der Waals surface area (Å²) in [5.41, 5.74) is -0.582. The Labute approximate surface area is 143 Å². The van der Waals surface area contributed by atoms with Crippen LogP contribution >= 0.6 is 0 Å². The molecule has 0 saturated carbocycles. The quantitative estimate of drug-likeness (QED) is 0.400. The molecule has 4 nitrogen and oxygen atoms in total. The van der Waals surface area contributed by atoms with Crippen LogP contribution in [-0.2, 0) is 14.3 Å². The van der Waals surface area contributed by atoms with Crippen LogP contribution in [0, 0.1) is 0 Å². The van der Waals surface area contributed by atoms with Crippen molar-refractivity contribution < 1.29 is 54.6 Å². The van der Waals surface area contributed by atoms with Crippen LogP contribution in [0.25, 0.3) is 0 Å². The largest absolute Gasteiger partial charge is 0.478 e. The van der Waals surface area contributed by atoms with Gasteiger partial charge in [-0.25, -0.2) is 18.4 Å². The highest BCUT2D eigenvalue weighted by Crippen LogP contribution is 2.24. The Hall–Kier alpha value is -2.14. The molecule has 0 aliphatic carbocycles. The summed E-state index contributed by atoms with van der Waals surface area (Å²) in [4.78, 5) is 20.6. The number of ether oxygens (including phenoxy) is 1. The molecule has 12 heteroatoms. The fraction of sp³-hybridized carbons (Fsp3) is 0.571. The first-order valence-electron chi connectivity index (χ1n) is 6.64. The van der Waals surface area contributed by atoms with E-state index in [-0.39, 0.29) is 5.57 Å². The molecule has 0 amide bonds. The number of rotatable bonds is 6. The van der Waals surface area contributed by atoms with Crippen molar-refractivity contribution in [2.75, 3.05) is 0 Å². The van der Waals surface area contributed by atoms with Crippen molar-refractivity contribution in [3.63, 3.8) is 0 Å². The van der Waals surface area contributed by atoms with Gasteiger partial charge in [-0.3, -0.25) is 0 Å². The molecule has 0 aliphatic rings. The Balaban J connectivity index is 0. The van der Waals surface area contributed by atoms with E-state index in [0.29, 0.717) is 6.08 Å². The third-order valence-corrected chi connectivity index (χ3v) is 2.17. The van der Waals surface area contributed by atoms with Gasteiger partial charge in [-0.1, -0.05) is 6.58 Å². The monoisotopic (exact) mass is 400 g/mol. The van der Waals surface area contributed by atoms with E-state index >= 15 is 0 Å². The van der Waals surface area contributed by atoms with Gasteiger partial charge in [-0.05, 0) is 19.9 Å². The zero-order chi connectivity index (χ0) is 21.3. The van der Waals surface area contributed by atoms with Gasteiger partial charge in [0.25, 0.3) is 6.36 Å². The molecule has 0 bridgehead atoms. The van der Waals surface area contributed by atoms with Crippen molar-refractivity contribution in [2.45, 2.75) is 51.6 Å². The van der Waals surface area contributed by atoms with Crippen LogP contribution in [0.5, 0.6) is 0 Å².